The van der Waals surface area contributed by atoms with E-state index in [2.05, 4.69) is 15.5 Å². The van der Waals surface area contributed by atoms with Crippen LogP contribution in [0.2, 0.25) is 0 Å². The summed E-state index contributed by atoms with van der Waals surface area (Å²) in [6, 6.07) is -0.828. The van der Waals surface area contributed by atoms with Crippen LogP contribution < -0.4 is 51.1 Å². The molecule has 0 saturated carbocycles. The first-order chi connectivity index (χ1) is 20.3. The molecule has 5 rings (SSSR count). The number of halogens is 3. The van der Waals surface area contributed by atoms with Gasteiger partial charge in [-0.1, -0.05) is 5.16 Å². The van der Waals surface area contributed by atoms with Gasteiger partial charge in [0.2, 0.25) is 5.43 Å². The monoisotopic (exact) mass is 695 g/mol. The van der Waals surface area contributed by atoms with Gasteiger partial charge in [-0.2, -0.15) is 0 Å². The van der Waals surface area contributed by atoms with E-state index in [9.17, 15) is 52.6 Å². The van der Waals surface area contributed by atoms with Crippen LogP contribution in [0.1, 0.15) is 16.1 Å². The number of β-lactam (4-membered cyclic amide) rings is 1. The topological polar surface area (TPSA) is 215 Å². The predicted molar refractivity (Wildman–Crippen MR) is 148 cm³/mol. The number of oxime groups is 1. The third-order valence-electron chi connectivity index (χ3n) is 6.19. The first-order valence-electron chi connectivity index (χ1n) is 11.5. The molecule has 44 heavy (non-hydrogen) atoms. The molecule has 3 aromatic rings. The predicted octanol–water partition coefficient (Wildman–Crippen LogP) is -2.21. The molecule has 21 heteroatoms. The van der Waals surface area contributed by atoms with Crippen LogP contribution in [0.4, 0.5) is 18.3 Å². The van der Waals surface area contributed by atoms with Gasteiger partial charge in [0.1, 0.15) is 22.7 Å². The normalized spacial score (nSPS) is 18.0. The fraction of sp³-hybridized carbons (Fsp3) is 0.174. The minimum Gasteiger partial charge on any atom is -0.543 e. The van der Waals surface area contributed by atoms with Crippen LogP contribution in [0.25, 0.3) is 10.1 Å². The van der Waals surface area contributed by atoms with Crippen molar-refractivity contribution in [1.82, 2.24) is 15.2 Å². The number of aromatic carboxylic acids is 1. The molecule has 2 aliphatic rings. The molecule has 1 saturated heterocycles. The molecule has 0 bridgehead atoms. The number of nitrogens with zero attached hydrogens (tertiary/aromatic N) is 3. The van der Waals surface area contributed by atoms with Crippen LogP contribution in [0.3, 0.4) is 0 Å². The molecule has 2 amide bonds. The molecule has 0 spiro atoms. The van der Waals surface area contributed by atoms with Crippen molar-refractivity contribution in [2.75, 3.05) is 17.2 Å². The number of aliphatic carboxylic acids is 1. The van der Waals surface area contributed by atoms with Gasteiger partial charge in [-0.3, -0.25) is 19.3 Å². The number of nitrogens with two attached hydrogens (primary N) is 1. The Balaban J connectivity index is 0.00000442. The van der Waals surface area contributed by atoms with E-state index in [1.165, 1.54) is 5.38 Å². The van der Waals surface area contributed by atoms with Crippen molar-refractivity contribution in [2.45, 2.75) is 15.6 Å². The number of carboxylic acids is 2. The van der Waals surface area contributed by atoms with E-state index in [0.717, 1.165) is 28.0 Å². The van der Waals surface area contributed by atoms with E-state index in [1.54, 1.807) is 0 Å². The van der Waals surface area contributed by atoms with E-state index in [4.69, 9.17) is 5.73 Å². The summed E-state index contributed by atoms with van der Waals surface area (Å²) < 4.78 is 41.1. The molecule has 0 unspecified atom stereocenters. The maximum absolute atomic E-state index is 14.5. The fourth-order valence-electron chi connectivity index (χ4n) is 4.26. The Bertz CT molecular complexity index is 1880. The molecule has 4 heterocycles. The molecule has 2 atom stereocenters. The van der Waals surface area contributed by atoms with Crippen molar-refractivity contribution in [1.29, 1.82) is 0 Å². The summed E-state index contributed by atoms with van der Waals surface area (Å²) in [6.07, 6.45) is 0. The summed E-state index contributed by atoms with van der Waals surface area (Å²) in [7, 11) is 0. The Hall–Kier alpha value is -3.14. The number of nitrogen functional groups attached to an aromatic ring is 1. The molecule has 0 radical (unpaired) electrons. The number of amides is 2. The number of thiazole rings is 1. The number of hydrogen-bond acceptors (Lipinski definition) is 14. The van der Waals surface area contributed by atoms with E-state index < -0.39 is 85.1 Å². The largest absolute Gasteiger partial charge is 1.00 e. The van der Waals surface area contributed by atoms with Gasteiger partial charge < -0.3 is 31.3 Å². The Morgan fingerprint density at radius 1 is 1.25 bits per heavy atom. The Morgan fingerprint density at radius 3 is 2.55 bits per heavy atom. The average molecular weight is 696 g/mol. The maximum Gasteiger partial charge on any atom is 1.00 e. The molecule has 0 aliphatic carbocycles. The fourth-order valence-corrected chi connectivity index (χ4v) is 8.72. The standard InChI is InChI=1S/C23H14F3N5O8S4.Na/c24-7-1-6-15(32)9(20(35)36)22(43-16(6)11(26)10(7)25)41-3-5-2-40-19-13(18(34)31(19)14(5)21(37)38)29-17(33)12(30-39)8-4-42-23(27)28-8;/h1,4,13,19,39H,2-3H2,(H2,27,28)(H,29,33)(H,35,36)(H,37,38);/q;+1/p-1/b30-12-;/t13-,19-;/m1./s1. The zero-order valence-electron chi connectivity index (χ0n) is 21.8. The number of nitrogens with one attached hydrogen (secondary N) is 1. The first-order valence-corrected chi connectivity index (χ1v) is 15.2. The average Bonchev–Trinajstić information content (AvgIpc) is 3.39. The summed E-state index contributed by atoms with van der Waals surface area (Å²) in [4.78, 5) is 67.1. The van der Waals surface area contributed by atoms with Gasteiger partial charge in [0.15, 0.2) is 28.3 Å². The molecule has 1 aromatic carbocycles. The van der Waals surface area contributed by atoms with Gasteiger partial charge >= 0.3 is 35.5 Å². The van der Waals surface area contributed by atoms with Crippen LogP contribution in [0.15, 0.2) is 36.9 Å². The smallest absolute Gasteiger partial charge is 0.543 e. The van der Waals surface area contributed by atoms with Gasteiger partial charge in [-0.15, -0.1) is 46.2 Å². The second-order valence-electron chi connectivity index (χ2n) is 8.67. The zero-order valence-corrected chi connectivity index (χ0v) is 27.0. The minimum atomic E-state index is -1.86. The summed E-state index contributed by atoms with van der Waals surface area (Å²) in [5, 5.41) is 36.1. The molecule has 5 N–H and O–H groups in total. The number of fused-ring (bicyclic) bond motifs is 2. The number of carbonyl (C=O) groups excluding carboxylic acids is 3. The number of benzene rings is 1. The van der Waals surface area contributed by atoms with Gasteiger partial charge in [0, 0.05) is 22.3 Å². The number of anilines is 1. The number of carboxylic acid groups (broad SMARTS) is 2. The first kappa shape index (κ1) is 33.7. The Morgan fingerprint density at radius 2 is 1.95 bits per heavy atom. The van der Waals surface area contributed by atoms with Crippen LogP contribution >= 0.6 is 46.2 Å². The SMILES string of the molecule is Nc1nc(/C(=N/O)C(=O)N[C@@H]2C(=O)N3C(C(=O)[O-])=C(CSc4sc5c(F)c(F)c(F)cc5c(=O)c4C(=O)O)CS[C@H]23)cs1.[Na+]. The zero-order chi connectivity index (χ0) is 31.3. The van der Waals surface area contributed by atoms with Gasteiger partial charge in [0.25, 0.3) is 11.8 Å². The number of aromatic nitrogens is 1. The Labute approximate surface area is 281 Å². The van der Waals surface area contributed by atoms with E-state index >= 15 is 0 Å². The molecule has 224 valence electrons. The maximum atomic E-state index is 14.5. The number of rotatable bonds is 8. The third kappa shape index (κ3) is 5.82. The summed E-state index contributed by atoms with van der Waals surface area (Å²) in [5.74, 6) is -10.9. The second-order valence-corrected chi connectivity index (χ2v) is 12.9. The van der Waals surface area contributed by atoms with Crippen molar-refractivity contribution < 1.29 is 77.3 Å². The summed E-state index contributed by atoms with van der Waals surface area (Å²) >= 11 is 3.00. The van der Waals surface area contributed by atoms with Crippen molar-refractivity contribution >= 4 is 90.9 Å². The van der Waals surface area contributed by atoms with Crippen LogP contribution in [0, 0.1) is 17.5 Å². The van der Waals surface area contributed by atoms with Gasteiger partial charge in [-0.25, -0.2) is 22.9 Å². The molecular formula is C23H13F3N5NaO8S4. The van der Waals surface area contributed by atoms with E-state index in [1.807, 2.05) is 0 Å². The Kier molecular flexibility index (Phi) is 10.0. The van der Waals surface area contributed by atoms with Gasteiger partial charge in [-0.05, 0) is 11.6 Å². The van der Waals surface area contributed by atoms with E-state index in [-0.39, 0.29) is 61.7 Å². The van der Waals surface area contributed by atoms with Crippen LogP contribution in [-0.4, -0.2) is 72.6 Å². The second kappa shape index (κ2) is 13.1. The molecule has 2 aromatic heterocycles. The summed E-state index contributed by atoms with van der Waals surface area (Å²) in [6.45, 7) is 0. The number of carbonyl (C=O) groups is 4. The molecule has 13 nitrogen and oxygen atoms in total. The molecular weight excluding hydrogens is 683 g/mol. The summed E-state index contributed by atoms with van der Waals surface area (Å²) in [5.41, 5.74) is 2.34. The third-order valence-corrected chi connectivity index (χ3v) is 10.8. The quantitative estimate of drug-likeness (QED) is 0.0376. The van der Waals surface area contributed by atoms with Crippen molar-refractivity contribution in [3.05, 3.63) is 61.6 Å². The number of thioether (sulfide) groups is 2. The minimum absolute atomic E-state index is 0. The number of hydrogen-bond donors (Lipinski definition) is 4. The molecule has 2 aliphatic heterocycles. The van der Waals surface area contributed by atoms with Crippen molar-refractivity contribution in [3.63, 3.8) is 0 Å². The van der Waals surface area contributed by atoms with Crippen molar-refractivity contribution in [3.8, 4) is 0 Å². The van der Waals surface area contributed by atoms with Crippen molar-refractivity contribution in [2.24, 2.45) is 5.16 Å². The van der Waals surface area contributed by atoms with E-state index in [0.29, 0.717) is 29.2 Å². The van der Waals surface area contributed by atoms with Crippen LogP contribution in [0.5, 0.6) is 0 Å². The van der Waals surface area contributed by atoms with Gasteiger partial charge in [0.05, 0.1) is 20.6 Å². The molecule has 1 fully saturated rings. The van der Waals surface area contributed by atoms with Crippen LogP contribution in [-0.2, 0) is 14.4 Å².